The molecule has 3 aromatic rings. The summed E-state index contributed by atoms with van der Waals surface area (Å²) >= 11 is 1.26. The van der Waals surface area contributed by atoms with Crippen LogP contribution in [0.1, 0.15) is 21.7 Å². The van der Waals surface area contributed by atoms with Crippen molar-refractivity contribution in [3.63, 3.8) is 0 Å². The van der Waals surface area contributed by atoms with Gasteiger partial charge >= 0.3 is 6.18 Å². The van der Waals surface area contributed by atoms with Crippen molar-refractivity contribution in [2.75, 3.05) is 5.75 Å². The summed E-state index contributed by atoms with van der Waals surface area (Å²) in [5.74, 6) is -0.128. The number of aryl methyl sites for hydroxylation is 1. The first-order chi connectivity index (χ1) is 12.3. The van der Waals surface area contributed by atoms with Crippen LogP contribution in [0.25, 0.3) is 10.9 Å². The maximum absolute atomic E-state index is 12.7. The number of Topliss-reactive ketones (excluding diaryl/α,β-unsaturated/α-hetero) is 1. The molecule has 0 fully saturated rings. The third kappa shape index (κ3) is 3.90. The Morgan fingerprint density at radius 2 is 1.92 bits per heavy atom. The molecule has 3 rings (SSSR count). The van der Waals surface area contributed by atoms with Gasteiger partial charge in [-0.25, -0.2) is 9.97 Å². The van der Waals surface area contributed by atoms with Crippen molar-refractivity contribution in [1.82, 2.24) is 14.5 Å². The third-order valence-electron chi connectivity index (χ3n) is 4.06. The number of fused-ring (bicyclic) bond motifs is 1. The highest BCUT2D eigenvalue weighted by atomic mass is 32.2. The Morgan fingerprint density at radius 3 is 2.65 bits per heavy atom. The van der Waals surface area contributed by atoms with Gasteiger partial charge in [0.2, 0.25) is 0 Å². The van der Waals surface area contributed by atoms with Gasteiger partial charge in [-0.15, -0.1) is 0 Å². The number of thioether (sulfide) groups is 1. The number of rotatable bonds is 5. The van der Waals surface area contributed by atoms with Crippen LogP contribution in [0.15, 0.2) is 41.7 Å². The van der Waals surface area contributed by atoms with Crippen molar-refractivity contribution in [3.05, 3.63) is 53.6 Å². The van der Waals surface area contributed by atoms with Gasteiger partial charge in [-0.1, -0.05) is 30.0 Å². The number of aromatic nitrogens is 3. The lowest BCUT2D eigenvalue weighted by molar-refractivity contribution is -0.141. The molecule has 4 nitrogen and oxygen atoms in total. The molecule has 0 atom stereocenters. The lowest BCUT2D eigenvalue weighted by Gasteiger charge is -2.12. The second kappa shape index (κ2) is 7.11. The molecule has 0 aliphatic heterocycles. The molecule has 0 bridgehead atoms. The SMILES string of the molecule is Cc1cc(C(=O)CSc2ncnc3ccccc23)c(C)n1CC(F)(F)F. The maximum atomic E-state index is 12.7. The number of hydrogen-bond donors (Lipinski definition) is 0. The van der Waals surface area contributed by atoms with Gasteiger partial charge in [0.15, 0.2) is 5.78 Å². The van der Waals surface area contributed by atoms with E-state index < -0.39 is 12.7 Å². The Labute approximate surface area is 152 Å². The fraction of sp³-hybridized carbons (Fsp3) is 0.278. The number of ketones is 1. The fourth-order valence-electron chi connectivity index (χ4n) is 2.81. The summed E-state index contributed by atoms with van der Waals surface area (Å²) in [6.07, 6.45) is -2.90. The van der Waals surface area contributed by atoms with Gasteiger partial charge in [0, 0.05) is 22.3 Å². The molecule has 0 saturated carbocycles. The number of carbonyl (C=O) groups excluding carboxylic acids is 1. The van der Waals surface area contributed by atoms with Crippen LogP contribution in [0, 0.1) is 13.8 Å². The Kier molecular flexibility index (Phi) is 5.04. The summed E-state index contributed by atoms with van der Waals surface area (Å²) in [6, 6.07) is 8.97. The smallest absolute Gasteiger partial charge is 0.339 e. The van der Waals surface area contributed by atoms with Crippen LogP contribution < -0.4 is 0 Å². The molecule has 0 spiro atoms. The van der Waals surface area contributed by atoms with Crippen LogP contribution in [0.4, 0.5) is 13.2 Å². The zero-order chi connectivity index (χ0) is 18.9. The maximum Gasteiger partial charge on any atom is 0.406 e. The predicted octanol–water partition coefficient (Wildman–Crippen LogP) is 4.59. The van der Waals surface area contributed by atoms with E-state index in [0.717, 1.165) is 15.5 Å². The molecule has 2 aromatic heterocycles. The Bertz CT molecular complexity index is 961. The molecule has 26 heavy (non-hydrogen) atoms. The molecule has 2 heterocycles. The molecular formula is C18H16F3N3OS. The Morgan fingerprint density at radius 1 is 1.19 bits per heavy atom. The van der Waals surface area contributed by atoms with Gasteiger partial charge in [0.1, 0.15) is 17.9 Å². The quantitative estimate of drug-likeness (QED) is 0.370. The van der Waals surface area contributed by atoms with Crippen LogP contribution in [0.5, 0.6) is 0 Å². The highest BCUT2D eigenvalue weighted by Gasteiger charge is 2.30. The first-order valence-electron chi connectivity index (χ1n) is 7.85. The third-order valence-corrected chi connectivity index (χ3v) is 5.06. The normalized spacial score (nSPS) is 11.9. The van der Waals surface area contributed by atoms with Crippen LogP contribution >= 0.6 is 11.8 Å². The average Bonchev–Trinajstić information content (AvgIpc) is 2.86. The van der Waals surface area contributed by atoms with Crippen LogP contribution in [-0.4, -0.2) is 32.2 Å². The molecule has 0 radical (unpaired) electrons. The van der Waals surface area contributed by atoms with Crippen molar-refractivity contribution >= 4 is 28.4 Å². The molecule has 0 aliphatic rings. The van der Waals surface area contributed by atoms with Crippen molar-refractivity contribution < 1.29 is 18.0 Å². The second-order valence-electron chi connectivity index (χ2n) is 5.89. The molecule has 0 saturated heterocycles. The van der Waals surface area contributed by atoms with Crippen LogP contribution in [0.2, 0.25) is 0 Å². The van der Waals surface area contributed by atoms with Gasteiger partial charge in [-0.3, -0.25) is 4.79 Å². The standard InChI is InChI=1S/C18H16F3N3OS/c1-11-7-14(12(2)24(11)9-18(19,20)21)16(25)8-26-17-13-5-3-4-6-15(13)22-10-23-17/h3-7,10H,8-9H2,1-2H3. The molecule has 0 aliphatic carbocycles. The van der Waals surface area contributed by atoms with E-state index in [1.165, 1.54) is 31.1 Å². The van der Waals surface area contributed by atoms with Gasteiger partial charge in [0.05, 0.1) is 11.3 Å². The van der Waals surface area contributed by atoms with E-state index in [0.29, 0.717) is 22.0 Å². The van der Waals surface area contributed by atoms with E-state index in [1.54, 1.807) is 6.92 Å². The molecule has 8 heteroatoms. The summed E-state index contributed by atoms with van der Waals surface area (Å²) in [6.45, 7) is 2.01. The van der Waals surface area contributed by atoms with Gasteiger partial charge in [-0.05, 0) is 26.0 Å². The molecule has 0 amide bonds. The van der Waals surface area contributed by atoms with E-state index in [9.17, 15) is 18.0 Å². The van der Waals surface area contributed by atoms with Gasteiger partial charge < -0.3 is 4.57 Å². The Balaban J connectivity index is 1.79. The van der Waals surface area contributed by atoms with E-state index in [2.05, 4.69) is 9.97 Å². The van der Waals surface area contributed by atoms with Crippen LogP contribution in [0.3, 0.4) is 0 Å². The van der Waals surface area contributed by atoms with Gasteiger partial charge in [-0.2, -0.15) is 13.2 Å². The van der Waals surface area contributed by atoms with E-state index >= 15 is 0 Å². The lowest BCUT2D eigenvalue weighted by atomic mass is 10.2. The minimum atomic E-state index is -4.33. The number of alkyl halides is 3. The molecule has 136 valence electrons. The summed E-state index contributed by atoms with van der Waals surface area (Å²) in [4.78, 5) is 20.9. The minimum absolute atomic E-state index is 0.0946. The van der Waals surface area contributed by atoms with E-state index in [-0.39, 0.29) is 11.5 Å². The monoisotopic (exact) mass is 379 g/mol. The van der Waals surface area contributed by atoms with Crippen LogP contribution in [-0.2, 0) is 6.54 Å². The van der Waals surface area contributed by atoms with Crippen molar-refractivity contribution in [1.29, 1.82) is 0 Å². The topological polar surface area (TPSA) is 47.8 Å². The largest absolute Gasteiger partial charge is 0.406 e. The second-order valence-corrected chi connectivity index (χ2v) is 6.86. The molecule has 1 aromatic carbocycles. The van der Waals surface area contributed by atoms with Crippen molar-refractivity contribution in [2.24, 2.45) is 0 Å². The number of nitrogens with zero attached hydrogens (tertiary/aromatic N) is 3. The zero-order valence-electron chi connectivity index (χ0n) is 14.2. The summed E-state index contributed by atoms with van der Waals surface area (Å²) in [7, 11) is 0. The first-order valence-corrected chi connectivity index (χ1v) is 8.84. The summed E-state index contributed by atoms with van der Waals surface area (Å²) in [5, 5.41) is 1.52. The van der Waals surface area contributed by atoms with Crippen molar-refractivity contribution in [2.45, 2.75) is 31.6 Å². The summed E-state index contributed by atoms with van der Waals surface area (Å²) in [5.41, 5.74) is 1.84. The number of benzene rings is 1. The minimum Gasteiger partial charge on any atom is -0.339 e. The zero-order valence-corrected chi connectivity index (χ0v) is 15.0. The van der Waals surface area contributed by atoms with Gasteiger partial charge in [0.25, 0.3) is 0 Å². The highest BCUT2D eigenvalue weighted by Crippen LogP contribution is 2.27. The molecule has 0 N–H and O–H groups in total. The molecule has 0 unspecified atom stereocenters. The number of para-hydroxylation sites is 1. The predicted molar refractivity (Wildman–Crippen MR) is 94.6 cm³/mol. The highest BCUT2D eigenvalue weighted by molar-refractivity contribution is 8.00. The lowest BCUT2D eigenvalue weighted by Crippen LogP contribution is -2.19. The van der Waals surface area contributed by atoms with Crippen molar-refractivity contribution in [3.8, 4) is 0 Å². The number of hydrogen-bond acceptors (Lipinski definition) is 4. The summed E-state index contributed by atoms with van der Waals surface area (Å²) < 4.78 is 39.2. The average molecular weight is 379 g/mol. The number of carbonyl (C=O) groups is 1. The fourth-order valence-corrected chi connectivity index (χ4v) is 3.69. The Hall–Kier alpha value is -2.35. The first kappa shape index (κ1) is 18.4. The number of halogens is 3. The molecular weight excluding hydrogens is 363 g/mol. The van der Waals surface area contributed by atoms with E-state index in [4.69, 9.17) is 0 Å². The van der Waals surface area contributed by atoms with E-state index in [1.807, 2.05) is 24.3 Å².